The molecule has 3 heterocycles. The Morgan fingerprint density at radius 2 is 1.89 bits per heavy atom. The van der Waals surface area contributed by atoms with Crippen LogP contribution in [0.2, 0.25) is 10.0 Å². The molecule has 0 aliphatic carbocycles. The zero-order chi connectivity index (χ0) is 20.2. The second-order valence-corrected chi connectivity index (χ2v) is 8.65. The molecule has 1 N–H and O–H groups in total. The lowest BCUT2D eigenvalue weighted by molar-refractivity contribution is 0.408. The maximum Gasteiger partial charge on any atom is 0.248 e. The number of phenols is 1. The number of hydrogen-bond donors (Lipinski definition) is 1. The minimum atomic E-state index is -3.58. The van der Waals surface area contributed by atoms with E-state index in [1.165, 1.54) is 25.6 Å². The molecular weight excluding hydrogens is 427 g/mol. The van der Waals surface area contributed by atoms with Crippen molar-refractivity contribution in [2.24, 2.45) is 0 Å². The summed E-state index contributed by atoms with van der Waals surface area (Å²) in [5.41, 5.74) is 1.59. The van der Waals surface area contributed by atoms with Gasteiger partial charge in [-0.05, 0) is 6.07 Å². The van der Waals surface area contributed by atoms with Crippen LogP contribution in [0.3, 0.4) is 0 Å². The highest BCUT2D eigenvalue weighted by molar-refractivity contribution is 7.90. The molecule has 144 valence electrons. The number of halogens is 2. The number of phenolic OH excluding ortho intramolecular Hbond substituents is 1. The summed E-state index contributed by atoms with van der Waals surface area (Å²) in [6, 6.07) is 3.00. The van der Waals surface area contributed by atoms with E-state index in [2.05, 4.69) is 15.0 Å². The monoisotopic (exact) mass is 438 g/mol. The molecule has 0 bridgehead atoms. The van der Waals surface area contributed by atoms with Gasteiger partial charge in [0.05, 0.1) is 17.2 Å². The van der Waals surface area contributed by atoms with Crippen molar-refractivity contribution in [3.8, 4) is 22.6 Å². The number of nitrogens with zero attached hydrogens (tertiary/aromatic N) is 4. The van der Waals surface area contributed by atoms with E-state index in [4.69, 9.17) is 27.9 Å². The molecule has 1 aromatic carbocycles. The van der Waals surface area contributed by atoms with Gasteiger partial charge in [-0.25, -0.2) is 18.4 Å². The van der Waals surface area contributed by atoms with Gasteiger partial charge in [-0.3, -0.25) is 4.40 Å². The maximum atomic E-state index is 11.8. The lowest BCUT2D eigenvalue weighted by atomic mass is 10.0. The predicted octanol–water partition coefficient (Wildman–Crippen LogP) is 3.37. The average molecular weight is 439 g/mol. The second-order valence-electron chi connectivity index (χ2n) is 5.98. The van der Waals surface area contributed by atoms with Gasteiger partial charge >= 0.3 is 0 Å². The molecule has 0 spiro atoms. The zero-order valence-corrected chi connectivity index (χ0v) is 16.8. The smallest absolute Gasteiger partial charge is 0.248 e. The third-order valence-electron chi connectivity index (χ3n) is 4.15. The molecule has 11 heteroatoms. The number of hydrogen-bond acceptors (Lipinski definition) is 7. The van der Waals surface area contributed by atoms with E-state index in [-0.39, 0.29) is 26.7 Å². The first-order valence-electron chi connectivity index (χ1n) is 7.80. The molecule has 0 amide bonds. The number of imidazole rings is 1. The lowest BCUT2D eigenvalue weighted by Gasteiger charge is -2.14. The van der Waals surface area contributed by atoms with E-state index < -0.39 is 9.84 Å². The SMILES string of the molecule is COc1cc(O)c(Cl)c(-c2cc3cnc(S(C)(=O)=O)nc3n3ccnc23)c1Cl. The third-order valence-corrected chi connectivity index (χ3v) is 5.77. The van der Waals surface area contributed by atoms with Gasteiger partial charge in [0.25, 0.3) is 0 Å². The quantitative estimate of drug-likeness (QED) is 0.488. The average Bonchev–Trinajstić information content (AvgIpc) is 3.14. The molecule has 0 radical (unpaired) electrons. The van der Waals surface area contributed by atoms with Crippen LogP contribution < -0.4 is 4.74 Å². The first-order chi connectivity index (χ1) is 13.2. The Bertz CT molecular complexity index is 1370. The highest BCUT2D eigenvalue weighted by Crippen LogP contribution is 2.46. The number of sulfone groups is 1. The molecule has 0 saturated carbocycles. The summed E-state index contributed by atoms with van der Waals surface area (Å²) in [6.07, 6.45) is 5.58. The van der Waals surface area contributed by atoms with E-state index in [1.807, 2.05) is 0 Å². The summed E-state index contributed by atoms with van der Waals surface area (Å²) in [4.78, 5) is 12.4. The Balaban J connectivity index is 2.13. The molecule has 0 fully saturated rings. The number of pyridine rings is 1. The Labute approximate surface area is 169 Å². The first kappa shape index (κ1) is 18.7. The molecule has 0 aliphatic rings. The first-order valence-corrected chi connectivity index (χ1v) is 10.4. The molecule has 0 atom stereocenters. The normalized spacial score (nSPS) is 12.0. The van der Waals surface area contributed by atoms with Crippen molar-refractivity contribution in [2.45, 2.75) is 5.16 Å². The van der Waals surface area contributed by atoms with E-state index in [9.17, 15) is 13.5 Å². The highest BCUT2D eigenvalue weighted by atomic mass is 35.5. The number of fused-ring (bicyclic) bond motifs is 3. The Morgan fingerprint density at radius 3 is 2.57 bits per heavy atom. The van der Waals surface area contributed by atoms with Crippen molar-refractivity contribution in [2.75, 3.05) is 13.4 Å². The minimum absolute atomic E-state index is 0.0312. The topological polar surface area (TPSA) is 107 Å². The summed E-state index contributed by atoms with van der Waals surface area (Å²) < 4.78 is 30.4. The van der Waals surface area contributed by atoms with Gasteiger partial charge in [0.1, 0.15) is 22.8 Å². The fraction of sp³-hybridized carbons (Fsp3) is 0.118. The summed E-state index contributed by atoms with van der Waals surface area (Å²) >= 11 is 12.8. The number of aromatic nitrogens is 4. The van der Waals surface area contributed by atoms with Crippen molar-refractivity contribution in [3.05, 3.63) is 40.8 Å². The number of benzene rings is 1. The molecular formula is C17H12Cl2N4O4S. The van der Waals surface area contributed by atoms with Gasteiger partial charge in [-0.15, -0.1) is 0 Å². The maximum absolute atomic E-state index is 11.8. The molecule has 4 rings (SSSR count). The van der Waals surface area contributed by atoms with Gasteiger partial charge in [-0.1, -0.05) is 23.2 Å². The Morgan fingerprint density at radius 1 is 1.14 bits per heavy atom. The number of rotatable bonds is 3. The van der Waals surface area contributed by atoms with Crippen LogP contribution in [0.5, 0.6) is 11.5 Å². The van der Waals surface area contributed by atoms with Crippen LogP contribution in [0.25, 0.3) is 27.8 Å². The fourth-order valence-corrected chi connectivity index (χ4v) is 4.02. The summed E-state index contributed by atoms with van der Waals surface area (Å²) in [5, 5.41) is 10.6. The van der Waals surface area contributed by atoms with Crippen LogP contribution >= 0.6 is 23.2 Å². The van der Waals surface area contributed by atoms with E-state index >= 15 is 0 Å². The van der Waals surface area contributed by atoms with Gasteiger partial charge in [-0.2, -0.15) is 4.98 Å². The molecule has 4 aromatic rings. The number of aromatic hydroxyl groups is 1. The van der Waals surface area contributed by atoms with Crippen molar-refractivity contribution in [1.82, 2.24) is 19.4 Å². The summed E-state index contributed by atoms with van der Waals surface area (Å²) in [7, 11) is -2.16. The van der Waals surface area contributed by atoms with Crippen LogP contribution in [0.15, 0.2) is 35.9 Å². The Kier molecular flexibility index (Phi) is 4.33. The lowest BCUT2D eigenvalue weighted by Crippen LogP contribution is -2.06. The highest BCUT2D eigenvalue weighted by Gasteiger charge is 2.22. The molecule has 0 saturated heterocycles. The molecule has 28 heavy (non-hydrogen) atoms. The standard InChI is InChI=1S/C17H12Cl2N4O4S/c1-27-11-6-10(24)13(18)12(14(11)19)9-5-8-7-21-17(28(2,25)26)22-15(8)23-4-3-20-16(9)23/h3-7,24H,1-2H3. The minimum Gasteiger partial charge on any atom is -0.506 e. The molecule has 0 unspecified atom stereocenters. The summed E-state index contributed by atoms with van der Waals surface area (Å²) in [5.74, 6) is 0.0402. The van der Waals surface area contributed by atoms with E-state index in [0.717, 1.165) is 6.26 Å². The van der Waals surface area contributed by atoms with Gasteiger partial charge in [0, 0.05) is 47.4 Å². The van der Waals surface area contributed by atoms with Crippen LogP contribution in [0.4, 0.5) is 0 Å². The Hall–Kier alpha value is -2.62. The van der Waals surface area contributed by atoms with E-state index in [1.54, 1.807) is 16.7 Å². The summed E-state index contributed by atoms with van der Waals surface area (Å²) in [6.45, 7) is 0. The molecule has 3 aromatic heterocycles. The molecule has 0 aliphatic heterocycles. The van der Waals surface area contributed by atoms with Crippen molar-refractivity contribution in [1.29, 1.82) is 0 Å². The van der Waals surface area contributed by atoms with Gasteiger partial charge in [0.15, 0.2) is 0 Å². The van der Waals surface area contributed by atoms with Crippen molar-refractivity contribution >= 4 is 49.7 Å². The van der Waals surface area contributed by atoms with Gasteiger partial charge < -0.3 is 9.84 Å². The van der Waals surface area contributed by atoms with Crippen LogP contribution in [-0.4, -0.2) is 46.2 Å². The van der Waals surface area contributed by atoms with Crippen molar-refractivity contribution < 1.29 is 18.3 Å². The second kappa shape index (κ2) is 6.47. The van der Waals surface area contributed by atoms with Gasteiger partial charge in [0.2, 0.25) is 15.0 Å². The van der Waals surface area contributed by atoms with Crippen molar-refractivity contribution in [3.63, 3.8) is 0 Å². The number of ether oxygens (including phenoxy) is 1. The van der Waals surface area contributed by atoms with E-state index in [0.29, 0.717) is 27.8 Å². The number of methoxy groups -OCH3 is 1. The zero-order valence-electron chi connectivity index (χ0n) is 14.5. The fourth-order valence-electron chi connectivity index (χ4n) is 2.90. The van der Waals surface area contributed by atoms with Crippen LogP contribution in [-0.2, 0) is 9.84 Å². The van der Waals surface area contributed by atoms with Crippen LogP contribution in [0.1, 0.15) is 0 Å². The third kappa shape index (κ3) is 2.83. The van der Waals surface area contributed by atoms with Crippen LogP contribution in [0, 0.1) is 0 Å². The predicted molar refractivity (Wildman–Crippen MR) is 105 cm³/mol. The molecule has 8 nitrogen and oxygen atoms in total. The largest absolute Gasteiger partial charge is 0.506 e.